The summed E-state index contributed by atoms with van der Waals surface area (Å²) in [4.78, 5) is 4.42. The Hall–Kier alpha value is -3.79. The molecule has 0 fully saturated rings. The Morgan fingerprint density at radius 1 is 0.672 bits per heavy atom. The van der Waals surface area contributed by atoms with Crippen LogP contribution in [0.1, 0.15) is 143 Å². The summed E-state index contributed by atoms with van der Waals surface area (Å²) >= 11 is 8.00. The molecule has 0 bridgehead atoms. The summed E-state index contributed by atoms with van der Waals surface area (Å²) in [6.07, 6.45) is 4.34. The molecule has 3 aromatic heterocycles. The molecular weight excluding hydrogens is 822 g/mol. The molecule has 9 nitrogen and oxygen atoms in total. The maximum Gasteiger partial charge on any atom is 0.214 e. The van der Waals surface area contributed by atoms with Gasteiger partial charge < -0.3 is 19.7 Å². The molecule has 0 amide bonds. The summed E-state index contributed by atoms with van der Waals surface area (Å²) in [5, 5.41) is 44.5. The molecule has 0 saturated heterocycles. The van der Waals surface area contributed by atoms with Crippen LogP contribution in [0, 0.1) is 49.9 Å². The number of aromatic amines is 1. The van der Waals surface area contributed by atoms with Gasteiger partial charge in [-0.3, -0.25) is 0 Å². The second-order valence-corrected chi connectivity index (χ2v) is 20.1. The van der Waals surface area contributed by atoms with E-state index in [-0.39, 0.29) is 34.9 Å². The molecule has 0 radical (unpaired) electrons. The zero-order valence-electron chi connectivity index (χ0n) is 39.2. The second kappa shape index (κ2) is 22.0. The van der Waals surface area contributed by atoms with E-state index in [4.69, 9.17) is 9.47 Å². The highest BCUT2D eigenvalue weighted by Crippen LogP contribution is 2.47. The lowest BCUT2D eigenvalue weighted by Crippen LogP contribution is -2.32. The number of aliphatic hydroxyl groups is 2. The molecule has 0 aliphatic carbocycles. The molecule has 0 aliphatic heterocycles. The smallest absolute Gasteiger partial charge is 0.214 e. The number of aliphatic hydroxyl groups excluding tert-OH is 2. The van der Waals surface area contributed by atoms with Crippen LogP contribution >= 0.6 is 34.3 Å². The number of hydrogen-bond acceptors (Lipinski definition) is 10. The number of thiophene rings is 2. The number of aromatic nitrogens is 4. The third kappa shape index (κ3) is 12.0. The number of nitrogens with zero attached hydrogens (tertiary/aromatic N) is 4. The first-order valence-electron chi connectivity index (χ1n) is 21.3. The molecule has 12 heteroatoms. The van der Waals surface area contributed by atoms with E-state index in [2.05, 4.69) is 123 Å². The molecule has 2 aromatic carbocycles. The van der Waals surface area contributed by atoms with Gasteiger partial charge in [0.05, 0.1) is 17.1 Å². The monoisotopic (exact) mass is 891 g/mol. The van der Waals surface area contributed by atoms with Crippen molar-refractivity contribution in [3.63, 3.8) is 0 Å². The lowest BCUT2D eigenvalue weighted by atomic mass is 9.74. The van der Waals surface area contributed by atoms with Crippen LogP contribution in [-0.2, 0) is 10.8 Å². The van der Waals surface area contributed by atoms with Crippen molar-refractivity contribution < 1.29 is 19.7 Å². The number of tetrazole rings is 1. The van der Waals surface area contributed by atoms with Gasteiger partial charge in [0.25, 0.3) is 0 Å². The van der Waals surface area contributed by atoms with E-state index in [0.717, 1.165) is 63.6 Å². The summed E-state index contributed by atoms with van der Waals surface area (Å²) in [5.74, 6) is 2.28. The third-order valence-electron chi connectivity index (χ3n) is 12.1. The Bertz CT molecular complexity index is 2170. The molecule has 0 aliphatic rings. The molecule has 2 unspecified atom stereocenters. The summed E-state index contributed by atoms with van der Waals surface area (Å²) in [6.45, 7) is 29.8. The van der Waals surface area contributed by atoms with Crippen LogP contribution in [0.2, 0.25) is 0 Å². The predicted octanol–water partition coefficient (Wildman–Crippen LogP) is 12.4. The standard InChI is InChI=1S/C24H34N4O2S.C24H33NO2S.CH3Cl/c1-8-24(9-2,20-13-16(4)21(31-20)22-25-27-28-26-22)17-10-11-18(15(3)12-17)30-14-19(29)23(5,6)7;1-8-24(9-2,22-13-17(4)20(14-25)28-22)18-10-11-19(16(3)12-18)27-15-21(26)23(5,6)7;1-2/h10-13,19,29H,8-9,14H2,1-7H3,(H,25,26,27,28);10-13,21,26H,8-9,15H2,1-7H3;1H3. The van der Waals surface area contributed by atoms with Gasteiger partial charge in [0.2, 0.25) is 5.82 Å². The number of aryl methyl sites for hydroxylation is 4. The first-order chi connectivity index (χ1) is 28.7. The van der Waals surface area contributed by atoms with Crippen LogP contribution in [0.25, 0.3) is 10.7 Å². The molecule has 0 spiro atoms. The van der Waals surface area contributed by atoms with Gasteiger partial charge in [-0.2, -0.15) is 10.5 Å². The van der Waals surface area contributed by atoms with E-state index in [1.165, 1.54) is 32.8 Å². The van der Waals surface area contributed by atoms with E-state index in [0.29, 0.717) is 5.82 Å². The van der Waals surface area contributed by atoms with Crippen molar-refractivity contribution in [3.05, 3.63) is 96.5 Å². The fraction of sp³-hybridized carbons (Fsp3) is 0.551. The van der Waals surface area contributed by atoms with Crippen LogP contribution in [0.4, 0.5) is 0 Å². The summed E-state index contributed by atoms with van der Waals surface area (Å²) in [7, 11) is 0. The highest BCUT2D eigenvalue weighted by molar-refractivity contribution is 7.15. The lowest BCUT2D eigenvalue weighted by molar-refractivity contribution is 0.0216. The Morgan fingerprint density at radius 3 is 1.44 bits per heavy atom. The summed E-state index contributed by atoms with van der Waals surface area (Å²) in [5.41, 5.74) is 6.30. The normalized spacial score (nSPS) is 13.0. The Morgan fingerprint density at radius 2 is 1.10 bits per heavy atom. The zero-order valence-corrected chi connectivity index (χ0v) is 41.6. The van der Waals surface area contributed by atoms with E-state index in [1.807, 2.05) is 60.6 Å². The molecule has 3 heterocycles. The Labute approximate surface area is 378 Å². The molecular formula is C49H70ClN5O4S2. The van der Waals surface area contributed by atoms with Crippen molar-refractivity contribution in [2.24, 2.45) is 10.8 Å². The van der Waals surface area contributed by atoms with E-state index in [1.54, 1.807) is 22.7 Å². The van der Waals surface area contributed by atoms with Gasteiger partial charge in [-0.25, -0.2) is 0 Å². The van der Waals surface area contributed by atoms with Crippen molar-refractivity contribution in [2.45, 2.75) is 146 Å². The van der Waals surface area contributed by atoms with Gasteiger partial charge in [0, 0.05) is 27.0 Å². The Kier molecular flexibility index (Phi) is 18.6. The van der Waals surface area contributed by atoms with Crippen LogP contribution in [0.15, 0.2) is 48.5 Å². The van der Waals surface area contributed by atoms with Gasteiger partial charge in [-0.15, -0.1) is 44.5 Å². The number of ether oxygens (including phenoxy) is 2. The van der Waals surface area contributed by atoms with Crippen molar-refractivity contribution >= 4 is 34.3 Å². The number of alkyl halides is 1. The molecule has 3 N–H and O–H groups in total. The maximum atomic E-state index is 10.3. The highest BCUT2D eigenvalue weighted by Gasteiger charge is 2.35. The maximum absolute atomic E-state index is 10.3. The fourth-order valence-corrected chi connectivity index (χ4v) is 10.2. The average molecular weight is 893 g/mol. The number of benzene rings is 2. The van der Waals surface area contributed by atoms with Gasteiger partial charge in [0.15, 0.2) is 0 Å². The Balaban J connectivity index is 0.000000314. The predicted molar refractivity (Wildman–Crippen MR) is 255 cm³/mol. The largest absolute Gasteiger partial charge is 0.491 e. The SMILES string of the molecule is CCC(CC)(c1ccc(OCC(O)C(C)(C)C)c(C)c1)c1cc(C)c(-c2nn[nH]n2)s1.CCC(CC)(c1ccc(OCC(O)C(C)(C)C)c(C)c1)c1cc(C)c(C#N)s1.CCl. The van der Waals surface area contributed by atoms with Crippen molar-refractivity contribution in [1.29, 1.82) is 5.26 Å². The summed E-state index contributed by atoms with van der Waals surface area (Å²) in [6, 6.07) is 19.6. The van der Waals surface area contributed by atoms with Crippen LogP contribution < -0.4 is 9.47 Å². The van der Waals surface area contributed by atoms with Crippen molar-refractivity contribution in [1.82, 2.24) is 20.6 Å². The molecule has 5 aromatic rings. The number of H-pyrrole nitrogens is 1. The van der Waals surface area contributed by atoms with E-state index >= 15 is 0 Å². The first kappa shape index (κ1) is 51.6. The molecule has 5 rings (SSSR count). The average Bonchev–Trinajstić information content (AvgIpc) is 3.99. The first-order valence-corrected chi connectivity index (χ1v) is 23.7. The minimum absolute atomic E-state index is 0.0916. The second-order valence-electron chi connectivity index (χ2n) is 18.0. The molecule has 61 heavy (non-hydrogen) atoms. The van der Waals surface area contributed by atoms with Crippen LogP contribution in [0.5, 0.6) is 11.5 Å². The van der Waals surface area contributed by atoms with Crippen molar-refractivity contribution in [2.75, 3.05) is 19.6 Å². The number of hydrogen-bond donors (Lipinski definition) is 3. The fourth-order valence-electron chi connectivity index (χ4n) is 7.38. The lowest BCUT2D eigenvalue weighted by Gasteiger charge is -2.32. The molecule has 0 saturated carbocycles. The quantitative estimate of drug-likeness (QED) is 0.0884. The van der Waals surface area contributed by atoms with Gasteiger partial charge in [-0.05, 0) is 127 Å². The number of rotatable bonds is 15. The van der Waals surface area contributed by atoms with E-state index < -0.39 is 12.2 Å². The van der Waals surface area contributed by atoms with Gasteiger partial charge >= 0.3 is 0 Å². The summed E-state index contributed by atoms with van der Waals surface area (Å²) < 4.78 is 11.9. The minimum Gasteiger partial charge on any atom is -0.491 e. The topological polar surface area (TPSA) is 137 Å². The van der Waals surface area contributed by atoms with E-state index in [9.17, 15) is 15.5 Å². The van der Waals surface area contributed by atoms with Gasteiger partial charge in [0.1, 0.15) is 35.7 Å². The molecule has 2 atom stereocenters. The highest BCUT2D eigenvalue weighted by atomic mass is 35.5. The number of nitrogens with one attached hydrogen (secondary N) is 1. The molecule has 334 valence electrons. The number of nitriles is 1. The van der Waals surface area contributed by atoms with Crippen molar-refractivity contribution in [3.8, 4) is 28.3 Å². The van der Waals surface area contributed by atoms with Crippen LogP contribution in [0.3, 0.4) is 0 Å². The number of halogens is 1. The zero-order chi connectivity index (χ0) is 45.9. The van der Waals surface area contributed by atoms with Gasteiger partial charge in [-0.1, -0.05) is 93.5 Å². The third-order valence-corrected chi connectivity index (χ3v) is 14.9. The van der Waals surface area contributed by atoms with Crippen LogP contribution in [-0.4, -0.2) is 62.6 Å². The minimum atomic E-state index is -0.519.